The second-order valence-electron chi connectivity index (χ2n) is 5.02. The molecule has 0 heterocycles. The molecule has 0 aliphatic heterocycles. The number of carboxylic acids is 1. The number of aryl methyl sites for hydroxylation is 1. The zero-order chi connectivity index (χ0) is 15.6. The number of benzene rings is 1. The number of sulfonamides is 1. The van der Waals surface area contributed by atoms with Crippen molar-refractivity contribution in [1.29, 1.82) is 0 Å². The summed E-state index contributed by atoms with van der Waals surface area (Å²) in [4.78, 5) is 18.2. The minimum atomic E-state index is -3.94. The summed E-state index contributed by atoms with van der Waals surface area (Å²) in [5, 5.41) is 9.03. The predicted molar refractivity (Wildman–Crippen MR) is 79.5 cm³/mol. The molecule has 0 atom stereocenters. The molecule has 1 aliphatic rings. The van der Waals surface area contributed by atoms with Gasteiger partial charge in [0.2, 0.25) is 0 Å². The van der Waals surface area contributed by atoms with E-state index >= 15 is 0 Å². The third-order valence-electron chi connectivity index (χ3n) is 3.38. The van der Waals surface area contributed by atoms with Crippen LogP contribution in [0.5, 0.6) is 0 Å². The smallest absolute Gasteiger partial charge is 0.335 e. The molecule has 1 aromatic carbocycles. The molecule has 2 rings (SSSR count). The first kappa shape index (κ1) is 16.4. The summed E-state index contributed by atoms with van der Waals surface area (Å²) in [6, 6.07) is 2.52. The Labute approximate surface area is 131 Å². The van der Waals surface area contributed by atoms with Gasteiger partial charge in [-0.2, -0.15) is 0 Å². The third-order valence-corrected chi connectivity index (χ3v) is 5.92. The van der Waals surface area contributed by atoms with E-state index in [2.05, 4.69) is 20.8 Å². The molecule has 0 amide bonds. The summed E-state index contributed by atoms with van der Waals surface area (Å²) < 4.78 is 24.9. The largest absolute Gasteiger partial charge is 0.478 e. The molecule has 6 nitrogen and oxygen atoms in total. The second kappa shape index (κ2) is 6.43. The van der Waals surface area contributed by atoms with Gasteiger partial charge in [0.25, 0.3) is 10.0 Å². The molecule has 0 bridgehead atoms. The van der Waals surface area contributed by atoms with Gasteiger partial charge in [0.1, 0.15) is 0 Å². The van der Waals surface area contributed by atoms with Gasteiger partial charge in [-0.1, -0.05) is 17.7 Å². The number of nitrogens with one attached hydrogen (secondary N) is 1. The van der Waals surface area contributed by atoms with Crippen molar-refractivity contribution in [1.82, 2.24) is 4.89 Å². The van der Waals surface area contributed by atoms with Gasteiger partial charge in [0.15, 0.2) is 0 Å². The number of hydrogen-bond acceptors (Lipinski definition) is 4. The molecule has 0 spiro atoms. The molecule has 0 aromatic heterocycles. The van der Waals surface area contributed by atoms with Crippen LogP contribution < -0.4 is 4.89 Å². The monoisotopic (exact) mass is 377 g/mol. The average Bonchev–Trinajstić information content (AvgIpc) is 2.92. The van der Waals surface area contributed by atoms with Gasteiger partial charge in [-0.05, 0) is 53.4 Å². The van der Waals surface area contributed by atoms with Crippen molar-refractivity contribution in [2.24, 2.45) is 0 Å². The van der Waals surface area contributed by atoms with Gasteiger partial charge >= 0.3 is 5.97 Å². The summed E-state index contributed by atoms with van der Waals surface area (Å²) in [5.41, 5.74) is 0.438. The molecule has 1 aromatic rings. The summed E-state index contributed by atoms with van der Waals surface area (Å²) in [7, 11) is -3.94. The SMILES string of the molecule is Cc1cc(C(=O)O)cc(S(=O)(=O)NOC2CCCC2)c1Br. The van der Waals surface area contributed by atoms with Crippen LogP contribution in [0.1, 0.15) is 41.6 Å². The van der Waals surface area contributed by atoms with Crippen LogP contribution in [-0.4, -0.2) is 25.6 Å². The predicted octanol–water partition coefficient (Wildman–Crippen LogP) is 2.61. The molecular formula is C13H16BrNO5S. The maximum atomic E-state index is 12.3. The highest BCUT2D eigenvalue weighted by Crippen LogP contribution is 2.28. The number of halogens is 1. The number of aromatic carboxylic acids is 1. The fraction of sp³-hybridized carbons (Fsp3) is 0.462. The van der Waals surface area contributed by atoms with Gasteiger partial charge in [-0.3, -0.25) is 4.84 Å². The lowest BCUT2D eigenvalue weighted by Gasteiger charge is -2.14. The van der Waals surface area contributed by atoms with Crippen molar-refractivity contribution >= 4 is 31.9 Å². The minimum Gasteiger partial charge on any atom is -0.478 e. The average molecular weight is 378 g/mol. The fourth-order valence-electron chi connectivity index (χ4n) is 2.24. The van der Waals surface area contributed by atoms with Crippen LogP contribution in [0.4, 0.5) is 0 Å². The Bertz CT molecular complexity index is 653. The van der Waals surface area contributed by atoms with E-state index in [-0.39, 0.29) is 16.6 Å². The Morgan fingerprint density at radius 3 is 2.57 bits per heavy atom. The lowest BCUT2D eigenvalue weighted by molar-refractivity contribution is 0.0223. The second-order valence-corrected chi connectivity index (χ2v) is 7.43. The standard InChI is InChI=1S/C13H16BrNO5S/c1-8-6-9(13(16)17)7-11(12(8)14)21(18,19)15-20-10-4-2-3-5-10/h6-7,10,15H,2-5H2,1H3,(H,16,17). The normalized spacial score (nSPS) is 16.3. The van der Waals surface area contributed by atoms with E-state index in [0.717, 1.165) is 31.7 Å². The van der Waals surface area contributed by atoms with Crippen LogP contribution in [0.2, 0.25) is 0 Å². The van der Waals surface area contributed by atoms with Gasteiger partial charge in [0, 0.05) is 4.47 Å². The van der Waals surface area contributed by atoms with Gasteiger partial charge in [-0.25, -0.2) is 13.2 Å². The lowest BCUT2D eigenvalue weighted by atomic mass is 10.1. The van der Waals surface area contributed by atoms with E-state index in [1.54, 1.807) is 6.92 Å². The Morgan fingerprint density at radius 1 is 1.38 bits per heavy atom. The molecule has 0 unspecified atom stereocenters. The highest BCUT2D eigenvalue weighted by atomic mass is 79.9. The van der Waals surface area contributed by atoms with E-state index < -0.39 is 16.0 Å². The van der Waals surface area contributed by atoms with Crippen molar-refractivity contribution < 1.29 is 23.2 Å². The Morgan fingerprint density at radius 2 is 2.00 bits per heavy atom. The summed E-state index contributed by atoms with van der Waals surface area (Å²) in [6.07, 6.45) is 3.55. The molecule has 1 saturated carbocycles. The molecule has 116 valence electrons. The van der Waals surface area contributed by atoms with Crippen LogP contribution in [0, 0.1) is 6.92 Å². The van der Waals surface area contributed by atoms with Gasteiger partial charge < -0.3 is 5.11 Å². The number of carbonyl (C=O) groups is 1. The van der Waals surface area contributed by atoms with Gasteiger partial charge in [0.05, 0.1) is 16.6 Å². The molecule has 21 heavy (non-hydrogen) atoms. The van der Waals surface area contributed by atoms with Crippen LogP contribution in [0.25, 0.3) is 0 Å². The Balaban J connectivity index is 2.27. The van der Waals surface area contributed by atoms with Crippen molar-refractivity contribution in [2.75, 3.05) is 0 Å². The topological polar surface area (TPSA) is 92.7 Å². The van der Waals surface area contributed by atoms with E-state index in [9.17, 15) is 13.2 Å². The quantitative estimate of drug-likeness (QED) is 0.769. The third kappa shape index (κ3) is 3.82. The number of hydrogen-bond donors (Lipinski definition) is 2. The van der Waals surface area contributed by atoms with Crippen molar-refractivity contribution in [3.05, 3.63) is 27.7 Å². The highest BCUT2D eigenvalue weighted by molar-refractivity contribution is 9.10. The first-order valence-corrected chi connectivity index (χ1v) is 8.80. The maximum absolute atomic E-state index is 12.3. The zero-order valence-corrected chi connectivity index (χ0v) is 13.8. The molecule has 1 fully saturated rings. The molecular weight excluding hydrogens is 362 g/mol. The Hall–Kier alpha value is -0.960. The summed E-state index contributed by atoms with van der Waals surface area (Å²) >= 11 is 3.19. The van der Waals surface area contributed by atoms with Crippen LogP contribution in [0.3, 0.4) is 0 Å². The van der Waals surface area contributed by atoms with E-state index in [4.69, 9.17) is 9.94 Å². The summed E-state index contributed by atoms with van der Waals surface area (Å²) in [6.45, 7) is 1.63. The highest BCUT2D eigenvalue weighted by Gasteiger charge is 2.24. The van der Waals surface area contributed by atoms with Gasteiger partial charge in [-0.15, -0.1) is 0 Å². The van der Waals surface area contributed by atoms with Crippen LogP contribution in [-0.2, 0) is 14.9 Å². The molecule has 8 heteroatoms. The molecule has 0 radical (unpaired) electrons. The number of rotatable bonds is 5. The first-order valence-electron chi connectivity index (χ1n) is 6.52. The lowest BCUT2D eigenvalue weighted by Crippen LogP contribution is -2.29. The van der Waals surface area contributed by atoms with Crippen LogP contribution in [0.15, 0.2) is 21.5 Å². The van der Waals surface area contributed by atoms with Crippen molar-refractivity contribution in [2.45, 2.75) is 43.6 Å². The fourth-order valence-corrected chi connectivity index (χ4v) is 4.14. The number of carboxylic acid groups (broad SMARTS) is 1. The van der Waals surface area contributed by atoms with E-state index in [1.165, 1.54) is 6.07 Å². The maximum Gasteiger partial charge on any atom is 0.335 e. The minimum absolute atomic E-state index is 0.0862. The molecule has 0 saturated heterocycles. The van der Waals surface area contributed by atoms with E-state index in [0.29, 0.717) is 10.0 Å². The molecule has 2 N–H and O–H groups in total. The Kier molecular flexibility index (Phi) is 5.03. The van der Waals surface area contributed by atoms with E-state index in [1.807, 2.05) is 0 Å². The van der Waals surface area contributed by atoms with Crippen LogP contribution >= 0.6 is 15.9 Å². The first-order chi connectivity index (χ1) is 9.81. The summed E-state index contributed by atoms with van der Waals surface area (Å²) in [5.74, 6) is -1.18. The van der Waals surface area contributed by atoms with Crippen molar-refractivity contribution in [3.63, 3.8) is 0 Å². The zero-order valence-electron chi connectivity index (χ0n) is 11.4. The molecule has 1 aliphatic carbocycles. The van der Waals surface area contributed by atoms with Crippen molar-refractivity contribution in [3.8, 4) is 0 Å².